The second-order valence-corrected chi connectivity index (χ2v) is 7.97. The van der Waals surface area contributed by atoms with E-state index in [4.69, 9.17) is 25.6 Å². The van der Waals surface area contributed by atoms with Crippen LogP contribution in [-0.4, -0.2) is 24.4 Å². The highest BCUT2D eigenvalue weighted by Crippen LogP contribution is 2.36. The standard InChI is InChI=1S/C20H23BClNO4/c1-19(2)20(3,4)27-21(26-19)15-7-11-17(12-8-15)23-18(24)25-13-14-5-9-16(22)10-6-14/h5-12H,13H2,1-4H3,(H,23,24). The van der Waals surface area contributed by atoms with Crippen molar-refractivity contribution in [3.8, 4) is 0 Å². The molecule has 0 spiro atoms. The van der Waals surface area contributed by atoms with Gasteiger partial charge in [-0.2, -0.15) is 0 Å². The second-order valence-electron chi connectivity index (χ2n) is 7.54. The Morgan fingerprint density at radius 2 is 1.56 bits per heavy atom. The minimum Gasteiger partial charge on any atom is -0.444 e. The topological polar surface area (TPSA) is 56.8 Å². The Balaban J connectivity index is 1.55. The molecule has 0 saturated carbocycles. The predicted molar refractivity (Wildman–Crippen MR) is 107 cm³/mol. The van der Waals surface area contributed by atoms with Crippen LogP contribution in [0.15, 0.2) is 48.5 Å². The Kier molecular flexibility index (Phi) is 5.51. The fourth-order valence-corrected chi connectivity index (χ4v) is 2.71. The fraction of sp³-hybridized carbons (Fsp3) is 0.350. The number of nitrogens with one attached hydrogen (secondary N) is 1. The van der Waals surface area contributed by atoms with E-state index in [1.165, 1.54) is 0 Å². The van der Waals surface area contributed by atoms with E-state index in [1.807, 2.05) is 52.0 Å². The molecular weight excluding hydrogens is 364 g/mol. The van der Waals surface area contributed by atoms with Gasteiger partial charge in [0, 0.05) is 10.7 Å². The number of halogens is 1. The van der Waals surface area contributed by atoms with Crippen molar-refractivity contribution < 1.29 is 18.8 Å². The van der Waals surface area contributed by atoms with Crippen LogP contribution in [0.25, 0.3) is 0 Å². The molecule has 1 aliphatic heterocycles. The number of rotatable bonds is 4. The Bertz CT molecular complexity index is 790. The third-order valence-corrected chi connectivity index (χ3v) is 5.22. The van der Waals surface area contributed by atoms with Crippen molar-refractivity contribution in [3.05, 3.63) is 59.1 Å². The van der Waals surface area contributed by atoms with Crippen molar-refractivity contribution >= 4 is 36.0 Å². The van der Waals surface area contributed by atoms with E-state index in [-0.39, 0.29) is 17.8 Å². The van der Waals surface area contributed by atoms with Gasteiger partial charge in [-0.15, -0.1) is 0 Å². The van der Waals surface area contributed by atoms with Gasteiger partial charge in [0.25, 0.3) is 0 Å². The van der Waals surface area contributed by atoms with Gasteiger partial charge in [0.2, 0.25) is 0 Å². The van der Waals surface area contributed by atoms with Gasteiger partial charge in [0.1, 0.15) is 6.61 Å². The molecule has 7 heteroatoms. The molecule has 1 amide bonds. The third-order valence-electron chi connectivity index (χ3n) is 4.97. The number of carbonyl (C=O) groups is 1. The lowest BCUT2D eigenvalue weighted by Crippen LogP contribution is -2.41. The summed E-state index contributed by atoms with van der Waals surface area (Å²) in [6.45, 7) is 8.23. The van der Waals surface area contributed by atoms with Crippen molar-refractivity contribution in [1.29, 1.82) is 0 Å². The zero-order valence-corrected chi connectivity index (χ0v) is 16.7. The average molecular weight is 388 g/mol. The number of amides is 1. The van der Waals surface area contributed by atoms with Gasteiger partial charge in [-0.25, -0.2) is 4.79 Å². The van der Waals surface area contributed by atoms with Gasteiger partial charge in [0.05, 0.1) is 11.2 Å². The van der Waals surface area contributed by atoms with Crippen LogP contribution in [0.4, 0.5) is 10.5 Å². The largest absolute Gasteiger partial charge is 0.494 e. The molecule has 0 aromatic heterocycles. The first-order valence-corrected chi connectivity index (χ1v) is 9.18. The molecule has 1 aliphatic rings. The average Bonchev–Trinajstić information content (AvgIpc) is 2.83. The number of carbonyl (C=O) groups excluding carboxylic acids is 1. The lowest BCUT2D eigenvalue weighted by molar-refractivity contribution is 0.00578. The van der Waals surface area contributed by atoms with Gasteiger partial charge >= 0.3 is 13.2 Å². The molecule has 0 bridgehead atoms. The molecule has 142 valence electrons. The minimum absolute atomic E-state index is 0.176. The number of benzene rings is 2. The molecule has 3 rings (SSSR count). The summed E-state index contributed by atoms with van der Waals surface area (Å²) in [5, 5.41) is 3.35. The van der Waals surface area contributed by atoms with E-state index in [2.05, 4.69) is 5.32 Å². The lowest BCUT2D eigenvalue weighted by atomic mass is 9.79. The van der Waals surface area contributed by atoms with Crippen LogP contribution in [-0.2, 0) is 20.7 Å². The smallest absolute Gasteiger partial charge is 0.444 e. The molecule has 1 fully saturated rings. The predicted octanol–water partition coefficient (Wildman–Crippen LogP) is 4.39. The van der Waals surface area contributed by atoms with Crippen molar-refractivity contribution in [2.24, 2.45) is 0 Å². The molecule has 2 aromatic carbocycles. The van der Waals surface area contributed by atoms with E-state index < -0.39 is 13.2 Å². The van der Waals surface area contributed by atoms with Gasteiger partial charge in [-0.05, 0) is 63.0 Å². The number of ether oxygens (including phenoxy) is 1. The SMILES string of the molecule is CC1(C)OB(c2ccc(NC(=O)OCc3ccc(Cl)cc3)cc2)OC1(C)C. The number of hydrogen-bond acceptors (Lipinski definition) is 4. The van der Waals surface area contributed by atoms with Crippen molar-refractivity contribution in [1.82, 2.24) is 0 Å². The molecular formula is C20H23BClNO4. The molecule has 5 nitrogen and oxygen atoms in total. The summed E-state index contributed by atoms with van der Waals surface area (Å²) in [5.74, 6) is 0. The monoisotopic (exact) mass is 387 g/mol. The first kappa shape index (κ1) is 19.7. The van der Waals surface area contributed by atoms with Crippen LogP contribution in [0, 0.1) is 0 Å². The molecule has 0 unspecified atom stereocenters. The first-order valence-electron chi connectivity index (χ1n) is 8.80. The fourth-order valence-electron chi connectivity index (χ4n) is 2.59. The number of hydrogen-bond donors (Lipinski definition) is 1. The van der Waals surface area contributed by atoms with Crippen LogP contribution < -0.4 is 10.8 Å². The highest BCUT2D eigenvalue weighted by Gasteiger charge is 2.51. The van der Waals surface area contributed by atoms with E-state index in [0.717, 1.165) is 11.0 Å². The summed E-state index contributed by atoms with van der Waals surface area (Å²) in [6.07, 6.45) is -0.520. The highest BCUT2D eigenvalue weighted by atomic mass is 35.5. The van der Waals surface area contributed by atoms with Crippen LogP contribution in [0.1, 0.15) is 33.3 Å². The van der Waals surface area contributed by atoms with Gasteiger partial charge in [0.15, 0.2) is 0 Å². The molecule has 2 aromatic rings. The second kappa shape index (κ2) is 7.54. The van der Waals surface area contributed by atoms with Crippen molar-refractivity contribution in [3.63, 3.8) is 0 Å². The maximum absolute atomic E-state index is 12.0. The van der Waals surface area contributed by atoms with Gasteiger partial charge < -0.3 is 14.0 Å². The Labute approximate surface area is 165 Å². The Hall–Kier alpha value is -2.02. The zero-order chi connectivity index (χ0) is 19.7. The molecule has 0 aliphatic carbocycles. The summed E-state index contributed by atoms with van der Waals surface area (Å²) < 4.78 is 17.3. The summed E-state index contributed by atoms with van der Waals surface area (Å²) in [5.41, 5.74) is 1.62. The zero-order valence-electron chi connectivity index (χ0n) is 15.9. The maximum Gasteiger partial charge on any atom is 0.494 e. The molecule has 1 N–H and O–H groups in total. The van der Waals surface area contributed by atoms with E-state index in [9.17, 15) is 4.79 Å². The molecule has 1 saturated heterocycles. The van der Waals surface area contributed by atoms with Crippen LogP contribution in [0.2, 0.25) is 5.02 Å². The van der Waals surface area contributed by atoms with Crippen molar-refractivity contribution in [2.45, 2.75) is 45.5 Å². The normalized spacial score (nSPS) is 17.6. The molecule has 1 heterocycles. The van der Waals surface area contributed by atoms with E-state index in [1.54, 1.807) is 24.3 Å². The van der Waals surface area contributed by atoms with E-state index in [0.29, 0.717) is 10.7 Å². The first-order chi connectivity index (χ1) is 12.7. The van der Waals surface area contributed by atoms with Crippen molar-refractivity contribution in [2.75, 3.05) is 5.32 Å². The van der Waals surface area contributed by atoms with Gasteiger partial charge in [-0.1, -0.05) is 35.9 Å². The maximum atomic E-state index is 12.0. The Morgan fingerprint density at radius 1 is 1.00 bits per heavy atom. The Morgan fingerprint density at radius 3 is 2.11 bits per heavy atom. The highest BCUT2D eigenvalue weighted by molar-refractivity contribution is 6.62. The van der Waals surface area contributed by atoms with Crippen LogP contribution >= 0.6 is 11.6 Å². The summed E-state index contributed by atoms with van der Waals surface area (Å²) in [4.78, 5) is 12.0. The summed E-state index contributed by atoms with van der Waals surface area (Å²) >= 11 is 5.83. The summed E-state index contributed by atoms with van der Waals surface area (Å²) in [6, 6.07) is 14.5. The molecule has 0 atom stereocenters. The minimum atomic E-state index is -0.520. The lowest BCUT2D eigenvalue weighted by Gasteiger charge is -2.32. The quantitative estimate of drug-likeness (QED) is 0.791. The molecule has 27 heavy (non-hydrogen) atoms. The summed E-state index contributed by atoms with van der Waals surface area (Å²) in [7, 11) is -0.430. The third kappa shape index (κ3) is 4.64. The van der Waals surface area contributed by atoms with Gasteiger partial charge in [-0.3, -0.25) is 5.32 Å². The van der Waals surface area contributed by atoms with Crippen LogP contribution in [0.5, 0.6) is 0 Å². The number of anilines is 1. The van der Waals surface area contributed by atoms with Crippen LogP contribution in [0.3, 0.4) is 0 Å². The van der Waals surface area contributed by atoms with E-state index >= 15 is 0 Å². The molecule has 0 radical (unpaired) electrons.